The number of esters is 1. The van der Waals surface area contributed by atoms with Crippen molar-refractivity contribution in [1.82, 2.24) is 4.90 Å². The van der Waals surface area contributed by atoms with Gasteiger partial charge in [-0.25, -0.2) is 0 Å². The third-order valence-corrected chi connectivity index (χ3v) is 5.32. The van der Waals surface area contributed by atoms with Crippen LogP contribution in [0.15, 0.2) is 48.5 Å². The van der Waals surface area contributed by atoms with Gasteiger partial charge in [-0.05, 0) is 62.6 Å². The summed E-state index contributed by atoms with van der Waals surface area (Å²) in [5, 5.41) is 0. The molecule has 0 atom stereocenters. The molecule has 1 saturated heterocycles. The van der Waals surface area contributed by atoms with Crippen LogP contribution in [-0.2, 0) is 9.53 Å². The molecule has 1 heterocycles. The maximum atomic E-state index is 12.7. The Morgan fingerprint density at radius 2 is 1.67 bits per heavy atom. The molecule has 30 heavy (non-hydrogen) atoms. The Morgan fingerprint density at radius 3 is 2.30 bits per heavy atom. The number of rotatable bonds is 7. The fourth-order valence-electron chi connectivity index (χ4n) is 3.54. The molecule has 1 aliphatic heterocycles. The molecule has 2 aromatic carbocycles. The van der Waals surface area contributed by atoms with Gasteiger partial charge in [-0.2, -0.15) is 0 Å². The number of carbonyl (C=O) groups excluding carboxylic acids is 3. The number of piperidine rings is 1. The van der Waals surface area contributed by atoms with Gasteiger partial charge in [0.05, 0.1) is 12.5 Å². The molecular formula is C24H27NO5. The minimum Gasteiger partial charge on any atom is -0.494 e. The van der Waals surface area contributed by atoms with Crippen molar-refractivity contribution in [3.63, 3.8) is 0 Å². The molecule has 158 valence electrons. The topological polar surface area (TPSA) is 72.9 Å². The SMILES string of the molecule is CCOc1ccc(C(=O)COC(=O)C2CCN(C(=O)c3ccccc3C)CC2)cc1. The van der Waals surface area contributed by atoms with E-state index in [0.29, 0.717) is 49.4 Å². The van der Waals surface area contributed by atoms with Crippen molar-refractivity contribution in [2.45, 2.75) is 26.7 Å². The Hall–Kier alpha value is -3.15. The highest BCUT2D eigenvalue weighted by Crippen LogP contribution is 2.21. The minimum atomic E-state index is -0.378. The maximum absolute atomic E-state index is 12.7. The summed E-state index contributed by atoms with van der Waals surface area (Å²) in [6.07, 6.45) is 1.07. The van der Waals surface area contributed by atoms with Gasteiger partial charge in [-0.3, -0.25) is 14.4 Å². The second-order valence-electron chi connectivity index (χ2n) is 7.37. The Morgan fingerprint density at radius 1 is 1.00 bits per heavy atom. The lowest BCUT2D eigenvalue weighted by Gasteiger charge is -2.31. The predicted octanol–water partition coefficient (Wildman–Crippen LogP) is 3.67. The second-order valence-corrected chi connectivity index (χ2v) is 7.37. The molecule has 0 N–H and O–H groups in total. The van der Waals surface area contributed by atoms with E-state index in [-0.39, 0.29) is 30.2 Å². The Kier molecular flexibility index (Phi) is 7.22. The van der Waals surface area contributed by atoms with Crippen LogP contribution < -0.4 is 4.74 Å². The zero-order valence-electron chi connectivity index (χ0n) is 17.4. The molecule has 0 aliphatic carbocycles. The zero-order chi connectivity index (χ0) is 21.5. The smallest absolute Gasteiger partial charge is 0.309 e. The molecule has 0 aromatic heterocycles. The number of hydrogen-bond acceptors (Lipinski definition) is 5. The van der Waals surface area contributed by atoms with Crippen LogP contribution in [-0.4, -0.2) is 48.9 Å². The molecule has 0 bridgehead atoms. The Bertz CT molecular complexity index is 898. The highest BCUT2D eigenvalue weighted by atomic mass is 16.5. The lowest BCUT2D eigenvalue weighted by Crippen LogP contribution is -2.41. The summed E-state index contributed by atoms with van der Waals surface area (Å²) < 4.78 is 10.6. The summed E-state index contributed by atoms with van der Waals surface area (Å²) in [4.78, 5) is 39.1. The summed E-state index contributed by atoms with van der Waals surface area (Å²) in [5.74, 6) is -0.237. The van der Waals surface area contributed by atoms with Crippen LogP contribution in [0.3, 0.4) is 0 Å². The number of nitrogens with zero attached hydrogens (tertiary/aromatic N) is 1. The summed E-state index contributed by atoms with van der Waals surface area (Å²) in [5.41, 5.74) is 2.11. The van der Waals surface area contributed by atoms with E-state index < -0.39 is 0 Å². The number of ether oxygens (including phenoxy) is 2. The molecular weight excluding hydrogens is 382 g/mol. The average Bonchev–Trinajstić information content (AvgIpc) is 2.78. The van der Waals surface area contributed by atoms with Crippen LogP contribution in [0.2, 0.25) is 0 Å². The first kappa shape index (κ1) is 21.6. The van der Waals surface area contributed by atoms with Gasteiger partial charge in [-0.15, -0.1) is 0 Å². The van der Waals surface area contributed by atoms with Gasteiger partial charge in [0, 0.05) is 24.2 Å². The fourth-order valence-corrected chi connectivity index (χ4v) is 3.54. The number of amides is 1. The van der Waals surface area contributed by atoms with Crippen LogP contribution >= 0.6 is 0 Å². The number of hydrogen-bond donors (Lipinski definition) is 0. The van der Waals surface area contributed by atoms with E-state index in [1.807, 2.05) is 38.1 Å². The number of aryl methyl sites for hydroxylation is 1. The molecule has 0 radical (unpaired) electrons. The summed E-state index contributed by atoms with van der Waals surface area (Å²) in [6, 6.07) is 14.3. The van der Waals surface area contributed by atoms with Crippen molar-refractivity contribution < 1.29 is 23.9 Å². The molecule has 1 aliphatic rings. The number of ketones is 1. The van der Waals surface area contributed by atoms with Gasteiger partial charge < -0.3 is 14.4 Å². The predicted molar refractivity (Wildman–Crippen MR) is 113 cm³/mol. The summed E-state index contributed by atoms with van der Waals surface area (Å²) in [7, 11) is 0. The van der Waals surface area contributed by atoms with Gasteiger partial charge in [0.1, 0.15) is 5.75 Å². The summed E-state index contributed by atoms with van der Waals surface area (Å²) in [6.45, 7) is 5.08. The quantitative estimate of drug-likeness (QED) is 0.515. The molecule has 1 fully saturated rings. The van der Waals surface area contributed by atoms with Gasteiger partial charge >= 0.3 is 5.97 Å². The highest BCUT2D eigenvalue weighted by molar-refractivity contribution is 5.98. The zero-order valence-corrected chi connectivity index (χ0v) is 17.4. The highest BCUT2D eigenvalue weighted by Gasteiger charge is 2.29. The van der Waals surface area contributed by atoms with Crippen molar-refractivity contribution in [1.29, 1.82) is 0 Å². The molecule has 0 spiro atoms. The van der Waals surface area contributed by atoms with Crippen LogP contribution in [0.25, 0.3) is 0 Å². The van der Waals surface area contributed by atoms with Crippen LogP contribution in [0, 0.1) is 12.8 Å². The number of carbonyl (C=O) groups is 3. The third kappa shape index (κ3) is 5.26. The standard InChI is InChI=1S/C24H27NO5/c1-3-29-20-10-8-18(9-11-20)22(26)16-30-24(28)19-12-14-25(15-13-19)23(27)21-7-5-4-6-17(21)2/h4-11,19H,3,12-16H2,1-2H3. The Balaban J connectivity index is 1.46. The lowest BCUT2D eigenvalue weighted by atomic mass is 9.96. The second kappa shape index (κ2) is 10.1. The molecule has 2 aromatic rings. The first-order chi connectivity index (χ1) is 14.5. The van der Waals surface area contributed by atoms with Gasteiger partial charge in [-0.1, -0.05) is 18.2 Å². The van der Waals surface area contributed by atoms with Crippen LogP contribution in [0.5, 0.6) is 5.75 Å². The van der Waals surface area contributed by atoms with E-state index in [2.05, 4.69) is 0 Å². The van der Waals surface area contributed by atoms with Crippen molar-refractivity contribution >= 4 is 17.7 Å². The lowest BCUT2D eigenvalue weighted by molar-refractivity contribution is -0.148. The maximum Gasteiger partial charge on any atom is 0.309 e. The number of Topliss-reactive ketones (excluding diaryl/α,β-unsaturated/α-hetero) is 1. The van der Waals surface area contributed by atoms with E-state index in [1.54, 1.807) is 29.2 Å². The van der Waals surface area contributed by atoms with E-state index in [9.17, 15) is 14.4 Å². The third-order valence-electron chi connectivity index (χ3n) is 5.32. The monoisotopic (exact) mass is 409 g/mol. The largest absolute Gasteiger partial charge is 0.494 e. The number of likely N-dealkylation sites (tertiary alicyclic amines) is 1. The van der Waals surface area contributed by atoms with E-state index >= 15 is 0 Å². The molecule has 3 rings (SSSR count). The van der Waals surface area contributed by atoms with Crippen molar-refractivity contribution in [2.24, 2.45) is 5.92 Å². The fraction of sp³-hybridized carbons (Fsp3) is 0.375. The van der Waals surface area contributed by atoms with Crippen molar-refractivity contribution in [3.8, 4) is 5.75 Å². The first-order valence-corrected chi connectivity index (χ1v) is 10.3. The summed E-state index contributed by atoms with van der Waals surface area (Å²) >= 11 is 0. The molecule has 0 saturated carbocycles. The first-order valence-electron chi connectivity index (χ1n) is 10.3. The Labute approximate surface area is 176 Å². The molecule has 6 heteroatoms. The molecule has 6 nitrogen and oxygen atoms in total. The minimum absolute atomic E-state index is 0.00871. The molecule has 0 unspecified atom stereocenters. The van der Waals surface area contributed by atoms with Gasteiger partial charge in [0.15, 0.2) is 12.4 Å². The normalized spacial score (nSPS) is 14.3. The molecule has 1 amide bonds. The van der Waals surface area contributed by atoms with E-state index in [4.69, 9.17) is 9.47 Å². The van der Waals surface area contributed by atoms with Crippen LogP contribution in [0.1, 0.15) is 46.0 Å². The van der Waals surface area contributed by atoms with Gasteiger partial charge in [0.2, 0.25) is 0 Å². The number of benzene rings is 2. The van der Waals surface area contributed by atoms with Crippen LogP contribution in [0.4, 0.5) is 0 Å². The van der Waals surface area contributed by atoms with Crippen molar-refractivity contribution in [2.75, 3.05) is 26.3 Å². The van der Waals surface area contributed by atoms with Gasteiger partial charge in [0.25, 0.3) is 5.91 Å². The van der Waals surface area contributed by atoms with Crippen molar-refractivity contribution in [3.05, 3.63) is 65.2 Å². The van der Waals surface area contributed by atoms with E-state index in [0.717, 1.165) is 5.56 Å². The van der Waals surface area contributed by atoms with E-state index in [1.165, 1.54) is 0 Å². The average molecular weight is 409 g/mol.